The Labute approximate surface area is 105 Å². The molecule has 1 aliphatic carbocycles. The molecule has 0 amide bonds. The molecular formula is C14H26N2O. The Morgan fingerprint density at radius 2 is 2.12 bits per heavy atom. The first-order valence-corrected chi connectivity index (χ1v) is 7.33. The van der Waals surface area contributed by atoms with Gasteiger partial charge in [-0.15, -0.1) is 0 Å². The topological polar surface area (TPSA) is 24.5 Å². The van der Waals surface area contributed by atoms with Crippen molar-refractivity contribution in [3.8, 4) is 0 Å². The first kappa shape index (κ1) is 11.9. The normalized spacial score (nSPS) is 36.0. The van der Waals surface area contributed by atoms with Crippen molar-refractivity contribution < 1.29 is 4.74 Å². The molecule has 0 aromatic carbocycles. The zero-order valence-corrected chi connectivity index (χ0v) is 11.0. The third kappa shape index (κ3) is 3.21. The highest BCUT2D eigenvalue weighted by molar-refractivity contribution is 4.98. The average molecular weight is 238 g/mol. The summed E-state index contributed by atoms with van der Waals surface area (Å²) in [5, 5.41) is 3.72. The highest BCUT2D eigenvalue weighted by Gasteiger charge is 2.38. The van der Waals surface area contributed by atoms with Crippen LogP contribution in [0.25, 0.3) is 0 Å². The molecule has 1 saturated carbocycles. The maximum Gasteiger partial charge on any atom is 0.0593 e. The summed E-state index contributed by atoms with van der Waals surface area (Å²) in [6, 6.07) is 1.65. The smallest absolute Gasteiger partial charge is 0.0593 e. The second-order valence-electron chi connectivity index (χ2n) is 6.32. The fourth-order valence-electron chi connectivity index (χ4n) is 3.39. The monoisotopic (exact) mass is 238 g/mol. The molecular weight excluding hydrogens is 212 g/mol. The van der Waals surface area contributed by atoms with Gasteiger partial charge in [-0.25, -0.2) is 0 Å². The van der Waals surface area contributed by atoms with Gasteiger partial charge < -0.3 is 15.0 Å². The first-order chi connectivity index (χ1) is 8.31. The summed E-state index contributed by atoms with van der Waals surface area (Å²) in [6.07, 6.45) is 7.01. The summed E-state index contributed by atoms with van der Waals surface area (Å²) in [5.74, 6) is 1.79. The predicted molar refractivity (Wildman–Crippen MR) is 69.1 cm³/mol. The molecule has 3 nitrogen and oxygen atoms in total. The fraction of sp³-hybridized carbons (Fsp3) is 1.00. The minimum absolute atomic E-state index is 0.815. The molecule has 98 valence electrons. The highest BCUT2D eigenvalue weighted by Crippen LogP contribution is 2.33. The van der Waals surface area contributed by atoms with Crippen molar-refractivity contribution in [3.05, 3.63) is 0 Å². The van der Waals surface area contributed by atoms with Gasteiger partial charge in [0.1, 0.15) is 0 Å². The molecule has 0 spiro atoms. The fourth-order valence-corrected chi connectivity index (χ4v) is 3.39. The van der Waals surface area contributed by atoms with E-state index in [1.807, 2.05) is 0 Å². The van der Waals surface area contributed by atoms with Crippen molar-refractivity contribution in [1.82, 2.24) is 10.2 Å². The lowest BCUT2D eigenvalue weighted by molar-refractivity contribution is 0.0976. The van der Waals surface area contributed by atoms with Crippen LogP contribution in [0.15, 0.2) is 0 Å². The molecule has 3 fully saturated rings. The van der Waals surface area contributed by atoms with Gasteiger partial charge in [-0.3, -0.25) is 0 Å². The van der Waals surface area contributed by atoms with Gasteiger partial charge in [0.15, 0.2) is 0 Å². The van der Waals surface area contributed by atoms with E-state index in [2.05, 4.69) is 17.3 Å². The minimum atomic E-state index is 0.815. The Balaban J connectivity index is 1.28. The molecule has 2 bridgehead atoms. The van der Waals surface area contributed by atoms with E-state index in [0.717, 1.165) is 43.7 Å². The van der Waals surface area contributed by atoms with Crippen LogP contribution in [-0.4, -0.2) is 50.3 Å². The van der Waals surface area contributed by atoms with Crippen LogP contribution in [-0.2, 0) is 4.74 Å². The number of nitrogens with one attached hydrogen (secondary N) is 1. The molecule has 0 radical (unpaired) electrons. The minimum Gasteiger partial charge on any atom is -0.380 e. The SMILES string of the molecule is CN(CCOCC1CC1)CC1CC2CCC1N2. The molecule has 3 rings (SSSR count). The van der Waals surface area contributed by atoms with Crippen molar-refractivity contribution in [1.29, 1.82) is 0 Å². The predicted octanol–water partition coefficient (Wildman–Crippen LogP) is 1.49. The van der Waals surface area contributed by atoms with Crippen molar-refractivity contribution in [2.75, 3.05) is 33.4 Å². The zero-order chi connectivity index (χ0) is 11.7. The highest BCUT2D eigenvalue weighted by atomic mass is 16.5. The van der Waals surface area contributed by atoms with Crippen molar-refractivity contribution in [3.63, 3.8) is 0 Å². The van der Waals surface area contributed by atoms with Gasteiger partial charge in [-0.05, 0) is 51.0 Å². The standard InChI is InChI=1S/C14H26N2O/c1-16(6-7-17-10-11-2-3-11)9-12-8-13-4-5-14(12)15-13/h11-15H,2-10H2,1H3. The van der Waals surface area contributed by atoms with Gasteiger partial charge in [-0.1, -0.05) is 0 Å². The quantitative estimate of drug-likeness (QED) is 0.680. The van der Waals surface area contributed by atoms with E-state index < -0.39 is 0 Å². The summed E-state index contributed by atoms with van der Waals surface area (Å²) < 4.78 is 5.70. The van der Waals surface area contributed by atoms with Gasteiger partial charge >= 0.3 is 0 Å². The van der Waals surface area contributed by atoms with E-state index >= 15 is 0 Å². The Kier molecular flexibility index (Phi) is 3.69. The van der Waals surface area contributed by atoms with Crippen molar-refractivity contribution in [2.24, 2.45) is 11.8 Å². The number of hydrogen-bond acceptors (Lipinski definition) is 3. The van der Waals surface area contributed by atoms with Crippen LogP contribution < -0.4 is 5.32 Å². The summed E-state index contributed by atoms with van der Waals surface area (Å²) in [6.45, 7) is 4.27. The molecule has 3 atom stereocenters. The molecule has 0 aromatic rings. The number of rotatable bonds is 7. The van der Waals surface area contributed by atoms with Gasteiger partial charge in [-0.2, -0.15) is 0 Å². The zero-order valence-electron chi connectivity index (χ0n) is 11.0. The van der Waals surface area contributed by atoms with Crippen molar-refractivity contribution >= 4 is 0 Å². The Morgan fingerprint density at radius 3 is 2.76 bits per heavy atom. The Hall–Kier alpha value is -0.120. The number of nitrogens with zero attached hydrogens (tertiary/aromatic N) is 1. The Bertz CT molecular complexity index is 255. The van der Waals surface area contributed by atoms with Gasteiger partial charge in [0.2, 0.25) is 0 Å². The molecule has 3 aliphatic rings. The van der Waals surface area contributed by atoms with E-state index in [0.29, 0.717) is 0 Å². The maximum absolute atomic E-state index is 5.70. The third-order valence-corrected chi connectivity index (χ3v) is 4.65. The molecule has 1 N–H and O–H groups in total. The molecule has 3 unspecified atom stereocenters. The van der Waals surface area contributed by atoms with Crippen LogP contribution in [0.1, 0.15) is 32.1 Å². The Morgan fingerprint density at radius 1 is 1.24 bits per heavy atom. The van der Waals surface area contributed by atoms with Crippen LogP contribution in [0.4, 0.5) is 0 Å². The van der Waals surface area contributed by atoms with Crippen molar-refractivity contribution in [2.45, 2.75) is 44.2 Å². The number of likely N-dealkylation sites (N-methyl/N-ethyl adjacent to an activating group) is 1. The third-order valence-electron chi connectivity index (χ3n) is 4.65. The van der Waals surface area contributed by atoms with E-state index in [4.69, 9.17) is 4.74 Å². The molecule has 0 aromatic heterocycles. The van der Waals surface area contributed by atoms with Gasteiger partial charge in [0, 0.05) is 31.8 Å². The lowest BCUT2D eigenvalue weighted by atomic mass is 9.89. The molecule has 2 aliphatic heterocycles. The van der Waals surface area contributed by atoms with Crippen LogP contribution in [0.3, 0.4) is 0 Å². The van der Waals surface area contributed by atoms with E-state index in [9.17, 15) is 0 Å². The maximum atomic E-state index is 5.70. The largest absolute Gasteiger partial charge is 0.380 e. The van der Waals surface area contributed by atoms with Crippen LogP contribution in [0.2, 0.25) is 0 Å². The summed E-state index contributed by atoms with van der Waals surface area (Å²) in [4.78, 5) is 2.46. The first-order valence-electron chi connectivity index (χ1n) is 7.33. The molecule has 3 heteroatoms. The number of ether oxygens (including phenoxy) is 1. The van der Waals surface area contributed by atoms with Crippen LogP contribution in [0.5, 0.6) is 0 Å². The molecule has 2 heterocycles. The summed E-state index contributed by atoms with van der Waals surface area (Å²) in [5.41, 5.74) is 0. The summed E-state index contributed by atoms with van der Waals surface area (Å²) >= 11 is 0. The number of fused-ring (bicyclic) bond motifs is 2. The number of hydrogen-bond donors (Lipinski definition) is 1. The summed E-state index contributed by atoms with van der Waals surface area (Å²) in [7, 11) is 2.24. The lowest BCUT2D eigenvalue weighted by Gasteiger charge is -2.26. The molecule has 17 heavy (non-hydrogen) atoms. The van der Waals surface area contributed by atoms with E-state index in [1.54, 1.807) is 0 Å². The van der Waals surface area contributed by atoms with Gasteiger partial charge in [0.25, 0.3) is 0 Å². The van der Waals surface area contributed by atoms with Gasteiger partial charge in [0.05, 0.1) is 6.61 Å². The van der Waals surface area contributed by atoms with E-state index in [-0.39, 0.29) is 0 Å². The van der Waals surface area contributed by atoms with Crippen LogP contribution >= 0.6 is 0 Å². The second kappa shape index (κ2) is 5.25. The lowest BCUT2D eigenvalue weighted by Crippen LogP contribution is -2.34. The van der Waals surface area contributed by atoms with Crippen LogP contribution in [0, 0.1) is 11.8 Å². The molecule has 2 saturated heterocycles. The average Bonchev–Trinajstić information content (AvgIpc) is 2.91. The van der Waals surface area contributed by atoms with E-state index in [1.165, 1.54) is 38.6 Å². The second-order valence-corrected chi connectivity index (χ2v) is 6.32.